The van der Waals surface area contributed by atoms with Crippen LogP contribution in [0.25, 0.3) is 0 Å². The van der Waals surface area contributed by atoms with Crippen LogP contribution in [0.2, 0.25) is 0 Å². The fraction of sp³-hybridized carbons (Fsp3) is 0. The van der Waals surface area contributed by atoms with E-state index >= 15 is 0 Å². The lowest BCUT2D eigenvalue weighted by Crippen LogP contribution is -2.40. The maximum absolute atomic E-state index is 12.7. The summed E-state index contributed by atoms with van der Waals surface area (Å²) in [6.07, 6.45) is 0. The minimum absolute atomic E-state index is 0.334. The van der Waals surface area contributed by atoms with E-state index in [1.807, 2.05) is 0 Å². The standard InChI is InChI=1S/C13H11F2N3O/c14-9-1-5-11(6-2-9)17-13(19)18(16)12-7-3-10(15)4-8-12/h1-8H,16H2,(H,17,19). The molecule has 0 atom stereocenters. The Hall–Kier alpha value is -2.47. The van der Waals surface area contributed by atoms with Crippen molar-refractivity contribution in [1.82, 2.24) is 0 Å². The lowest BCUT2D eigenvalue weighted by atomic mass is 10.3. The number of nitrogens with two attached hydrogens (primary N) is 1. The third-order valence-corrected chi connectivity index (χ3v) is 2.42. The van der Waals surface area contributed by atoms with Gasteiger partial charge in [0.2, 0.25) is 0 Å². The number of hydrogen-bond acceptors (Lipinski definition) is 2. The van der Waals surface area contributed by atoms with Crippen molar-refractivity contribution in [2.24, 2.45) is 5.84 Å². The summed E-state index contributed by atoms with van der Waals surface area (Å²) in [5.74, 6) is 4.77. The van der Waals surface area contributed by atoms with Crippen LogP contribution in [0.5, 0.6) is 0 Å². The van der Waals surface area contributed by atoms with E-state index in [0.717, 1.165) is 5.01 Å². The van der Waals surface area contributed by atoms with Gasteiger partial charge in [0.05, 0.1) is 5.69 Å². The van der Waals surface area contributed by atoms with E-state index in [9.17, 15) is 13.6 Å². The number of hydrazine groups is 1. The van der Waals surface area contributed by atoms with Crippen LogP contribution in [0.3, 0.4) is 0 Å². The number of carbonyl (C=O) groups is 1. The Morgan fingerprint density at radius 3 is 1.95 bits per heavy atom. The second kappa shape index (κ2) is 5.45. The zero-order valence-electron chi connectivity index (χ0n) is 9.81. The van der Waals surface area contributed by atoms with Gasteiger partial charge in [-0.25, -0.2) is 24.4 Å². The van der Waals surface area contributed by atoms with Gasteiger partial charge in [0.25, 0.3) is 0 Å². The van der Waals surface area contributed by atoms with E-state index in [1.165, 1.54) is 48.5 Å². The molecule has 2 amide bonds. The number of benzene rings is 2. The predicted molar refractivity (Wildman–Crippen MR) is 68.5 cm³/mol. The Labute approximate surface area is 108 Å². The number of carbonyl (C=O) groups excluding carboxylic acids is 1. The van der Waals surface area contributed by atoms with Gasteiger partial charge in [-0.3, -0.25) is 0 Å². The molecule has 3 N–H and O–H groups in total. The van der Waals surface area contributed by atoms with E-state index in [2.05, 4.69) is 5.32 Å². The molecule has 6 heteroatoms. The zero-order chi connectivity index (χ0) is 13.8. The van der Waals surface area contributed by atoms with Gasteiger partial charge in [-0.15, -0.1) is 0 Å². The number of amides is 2. The molecule has 0 saturated carbocycles. The molecule has 0 aliphatic carbocycles. The van der Waals surface area contributed by atoms with Crippen LogP contribution in [0.1, 0.15) is 0 Å². The number of urea groups is 1. The van der Waals surface area contributed by atoms with Crippen LogP contribution in [0.15, 0.2) is 48.5 Å². The number of halogens is 2. The molecule has 0 radical (unpaired) electrons. The highest BCUT2D eigenvalue weighted by Crippen LogP contribution is 2.14. The van der Waals surface area contributed by atoms with E-state index in [4.69, 9.17) is 5.84 Å². The summed E-state index contributed by atoms with van der Waals surface area (Å²) < 4.78 is 25.4. The molecule has 0 saturated heterocycles. The van der Waals surface area contributed by atoms with Gasteiger partial charge in [0, 0.05) is 5.69 Å². The number of rotatable bonds is 2. The van der Waals surface area contributed by atoms with Crippen molar-refractivity contribution in [1.29, 1.82) is 0 Å². The van der Waals surface area contributed by atoms with Crippen molar-refractivity contribution in [3.05, 3.63) is 60.2 Å². The van der Waals surface area contributed by atoms with Crippen molar-refractivity contribution in [3.8, 4) is 0 Å². The summed E-state index contributed by atoms with van der Waals surface area (Å²) in [4.78, 5) is 11.8. The third-order valence-electron chi connectivity index (χ3n) is 2.42. The molecule has 0 bridgehead atoms. The lowest BCUT2D eigenvalue weighted by molar-refractivity contribution is 0.257. The molecular formula is C13H11F2N3O. The minimum Gasteiger partial charge on any atom is -0.306 e. The first-order chi connectivity index (χ1) is 9.06. The Morgan fingerprint density at radius 1 is 0.947 bits per heavy atom. The van der Waals surface area contributed by atoms with Crippen molar-refractivity contribution >= 4 is 17.4 Å². The topological polar surface area (TPSA) is 58.4 Å². The van der Waals surface area contributed by atoms with Crippen molar-refractivity contribution in [2.75, 3.05) is 10.3 Å². The summed E-state index contributed by atoms with van der Waals surface area (Å²) in [6, 6.07) is 9.78. The number of nitrogens with zero attached hydrogens (tertiary/aromatic N) is 1. The molecular weight excluding hydrogens is 252 g/mol. The van der Waals surface area contributed by atoms with Crippen LogP contribution in [-0.2, 0) is 0 Å². The second-order valence-corrected chi connectivity index (χ2v) is 3.78. The van der Waals surface area contributed by atoms with Gasteiger partial charge in [0.1, 0.15) is 11.6 Å². The highest BCUT2D eigenvalue weighted by atomic mass is 19.1. The molecule has 0 heterocycles. The average Bonchev–Trinajstić information content (AvgIpc) is 2.41. The SMILES string of the molecule is NN(C(=O)Nc1ccc(F)cc1)c1ccc(F)cc1. The van der Waals surface area contributed by atoms with Gasteiger partial charge < -0.3 is 5.32 Å². The van der Waals surface area contributed by atoms with Crippen molar-refractivity contribution in [3.63, 3.8) is 0 Å². The van der Waals surface area contributed by atoms with Crippen LogP contribution >= 0.6 is 0 Å². The molecule has 2 rings (SSSR count). The Bertz CT molecular complexity index is 569. The summed E-state index contributed by atoms with van der Waals surface area (Å²) in [6.45, 7) is 0. The van der Waals surface area contributed by atoms with E-state index in [-0.39, 0.29) is 0 Å². The molecule has 0 fully saturated rings. The predicted octanol–water partition coefficient (Wildman–Crippen LogP) is 2.88. The molecule has 19 heavy (non-hydrogen) atoms. The fourth-order valence-corrected chi connectivity index (χ4v) is 1.44. The van der Waals surface area contributed by atoms with E-state index < -0.39 is 17.7 Å². The normalized spacial score (nSPS) is 10.1. The molecule has 0 aliphatic rings. The number of nitrogens with one attached hydrogen (secondary N) is 1. The summed E-state index contributed by atoms with van der Waals surface area (Å²) in [5.41, 5.74) is 0.741. The molecule has 2 aromatic carbocycles. The quantitative estimate of drug-likeness (QED) is 0.497. The maximum atomic E-state index is 12.7. The smallest absolute Gasteiger partial charge is 0.306 e. The maximum Gasteiger partial charge on any atom is 0.340 e. The monoisotopic (exact) mass is 263 g/mol. The van der Waals surface area contributed by atoms with Crippen molar-refractivity contribution in [2.45, 2.75) is 0 Å². The number of hydrogen-bond donors (Lipinski definition) is 2. The molecule has 0 spiro atoms. The first-order valence-corrected chi connectivity index (χ1v) is 5.43. The zero-order valence-corrected chi connectivity index (χ0v) is 9.81. The molecule has 2 aromatic rings. The van der Waals surface area contributed by atoms with Gasteiger partial charge in [0.15, 0.2) is 0 Å². The van der Waals surface area contributed by atoms with Gasteiger partial charge >= 0.3 is 6.03 Å². The van der Waals surface area contributed by atoms with Crippen LogP contribution in [0.4, 0.5) is 25.0 Å². The van der Waals surface area contributed by atoms with Crippen LogP contribution in [0, 0.1) is 11.6 Å². The number of anilines is 2. The van der Waals surface area contributed by atoms with E-state index in [0.29, 0.717) is 11.4 Å². The first kappa shape index (κ1) is 13.0. The van der Waals surface area contributed by atoms with Gasteiger partial charge in [-0.05, 0) is 48.5 Å². The molecule has 4 nitrogen and oxygen atoms in total. The van der Waals surface area contributed by atoms with Crippen LogP contribution < -0.4 is 16.2 Å². The van der Waals surface area contributed by atoms with E-state index in [1.54, 1.807) is 0 Å². The Balaban J connectivity index is 2.07. The Morgan fingerprint density at radius 2 is 1.42 bits per heavy atom. The van der Waals surface area contributed by atoms with Crippen molar-refractivity contribution < 1.29 is 13.6 Å². The average molecular weight is 263 g/mol. The van der Waals surface area contributed by atoms with Crippen LogP contribution in [-0.4, -0.2) is 6.03 Å². The highest BCUT2D eigenvalue weighted by molar-refractivity contribution is 6.00. The first-order valence-electron chi connectivity index (χ1n) is 5.43. The molecule has 0 aromatic heterocycles. The summed E-state index contributed by atoms with van der Waals surface area (Å²) >= 11 is 0. The molecule has 98 valence electrons. The largest absolute Gasteiger partial charge is 0.340 e. The second-order valence-electron chi connectivity index (χ2n) is 3.78. The van der Waals surface area contributed by atoms with Gasteiger partial charge in [-0.2, -0.15) is 0 Å². The Kier molecular flexibility index (Phi) is 3.72. The third kappa shape index (κ3) is 3.26. The summed E-state index contributed by atoms with van der Waals surface area (Å²) in [7, 11) is 0. The summed E-state index contributed by atoms with van der Waals surface area (Å²) in [5, 5.41) is 3.32. The van der Waals surface area contributed by atoms with Gasteiger partial charge in [-0.1, -0.05) is 0 Å². The molecule has 0 aliphatic heterocycles. The fourth-order valence-electron chi connectivity index (χ4n) is 1.44. The molecule has 0 unspecified atom stereocenters. The lowest BCUT2D eigenvalue weighted by Gasteiger charge is -2.17. The minimum atomic E-state index is -0.613. The highest BCUT2D eigenvalue weighted by Gasteiger charge is 2.11.